The van der Waals surface area contributed by atoms with E-state index in [9.17, 15) is 0 Å². The van der Waals surface area contributed by atoms with Crippen molar-refractivity contribution < 1.29 is 0 Å². The highest BCUT2D eigenvalue weighted by Crippen LogP contribution is 2.47. The van der Waals surface area contributed by atoms with Crippen LogP contribution in [0.15, 0.2) is 23.3 Å². The van der Waals surface area contributed by atoms with Gasteiger partial charge >= 0.3 is 0 Å². The Kier molecular flexibility index (Phi) is 4.47. The van der Waals surface area contributed by atoms with Crippen molar-refractivity contribution in [3.63, 3.8) is 0 Å². The molecule has 0 spiro atoms. The Morgan fingerprint density at radius 1 is 1.05 bits per heavy atom. The molecule has 0 aromatic heterocycles. The van der Waals surface area contributed by atoms with Gasteiger partial charge in [0.25, 0.3) is 0 Å². The highest BCUT2D eigenvalue weighted by Gasteiger charge is 2.35. The zero-order valence-electron chi connectivity index (χ0n) is 12.4. The molecule has 0 aromatic rings. The second kappa shape index (κ2) is 6.13. The van der Waals surface area contributed by atoms with Gasteiger partial charge in [0.1, 0.15) is 0 Å². The summed E-state index contributed by atoms with van der Waals surface area (Å²) < 4.78 is 0. The van der Waals surface area contributed by atoms with Crippen molar-refractivity contribution in [2.75, 3.05) is 6.16 Å². The molecule has 0 bridgehead atoms. The molecule has 0 saturated heterocycles. The van der Waals surface area contributed by atoms with Crippen LogP contribution in [-0.2, 0) is 0 Å². The van der Waals surface area contributed by atoms with Gasteiger partial charge < -0.3 is 0 Å². The smallest absolute Gasteiger partial charge is 0.0163 e. The van der Waals surface area contributed by atoms with Gasteiger partial charge in [-0.15, -0.1) is 9.24 Å². The molecule has 0 amide bonds. The van der Waals surface area contributed by atoms with Gasteiger partial charge in [0.15, 0.2) is 0 Å². The molecule has 3 rings (SSSR count). The van der Waals surface area contributed by atoms with E-state index >= 15 is 0 Å². The van der Waals surface area contributed by atoms with E-state index in [4.69, 9.17) is 0 Å². The number of hydrogen-bond acceptors (Lipinski definition) is 0. The summed E-state index contributed by atoms with van der Waals surface area (Å²) in [4.78, 5) is 0. The van der Waals surface area contributed by atoms with Crippen molar-refractivity contribution in [3.05, 3.63) is 23.3 Å². The molecule has 0 N–H and O–H groups in total. The van der Waals surface area contributed by atoms with Gasteiger partial charge in [-0.2, -0.15) is 0 Å². The fraction of sp³-hybridized carbons (Fsp3) is 0.778. The number of hydrogen-bond donors (Lipinski definition) is 0. The topological polar surface area (TPSA) is 0 Å². The van der Waals surface area contributed by atoms with E-state index in [1.165, 1.54) is 57.5 Å². The average Bonchev–Trinajstić information content (AvgIpc) is 2.57. The monoisotopic (exact) mass is 276 g/mol. The summed E-state index contributed by atoms with van der Waals surface area (Å²) in [6, 6.07) is 0. The Morgan fingerprint density at radius 2 is 1.89 bits per heavy atom. The minimum atomic E-state index is 0.905. The highest BCUT2D eigenvalue weighted by molar-refractivity contribution is 7.16. The van der Waals surface area contributed by atoms with Crippen LogP contribution in [0.5, 0.6) is 0 Å². The lowest BCUT2D eigenvalue weighted by atomic mass is 9.65. The van der Waals surface area contributed by atoms with Crippen LogP contribution in [0.4, 0.5) is 0 Å². The van der Waals surface area contributed by atoms with Crippen LogP contribution in [0.3, 0.4) is 0 Å². The zero-order valence-corrected chi connectivity index (χ0v) is 13.6. The summed E-state index contributed by atoms with van der Waals surface area (Å²) in [5.74, 6) is 3.80. The van der Waals surface area contributed by atoms with E-state index in [1.807, 2.05) is 0 Å². The van der Waals surface area contributed by atoms with Crippen molar-refractivity contribution in [3.8, 4) is 0 Å². The second-order valence-corrected chi connectivity index (χ2v) is 7.70. The third kappa shape index (κ3) is 2.99. The second-order valence-electron chi connectivity index (χ2n) is 7.13. The molecular formula is C18H29P. The molecule has 0 nitrogen and oxygen atoms in total. The molecule has 0 aliphatic heterocycles. The molecule has 0 radical (unpaired) electrons. The summed E-state index contributed by atoms with van der Waals surface area (Å²) in [6.07, 6.45) is 17.8. The lowest BCUT2D eigenvalue weighted by Gasteiger charge is -2.40. The summed E-state index contributed by atoms with van der Waals surface area (Å²) in [5.41, 5.74) is 3.58. The first kappa shape index (κ1) is 13.9. The molecule has 2 fully saturated rings. The van der Waals surface area contributed by atoms with Gasteiger partial charge in [-0.3, -0.25) is 0 Å². The van der Waals surface area contributed by atoms with Crippen LogP contribution in [-0.4, -0.2) is 6.16 Å². The molecular weight excluding hydrogens is 247 g/mol. The maximum atomic E-state index is 2.91. The molecule has 5 atom stereocenters. The van der Waals surface area contributed by atoms with Crippen LogP contribution in [0.25, 0.3) is 0 Å². The maximum absolute atomic E-state index is 2.91. The Labute approximate surface area is 121 Å². The van der Waals surface area contributed by atoms with E-state index < -0.39 is 0 Å². The summed E-state index contributed by atoms with van der Waals surface area (Å²) in [6.45, 7) is 2.44. The first-order valence-corrected chi connectivity index (χ1v) is 9.19. The normalized spacial score (nSPS) is 38.6. The largest absolute Gasteiger partial charge is 0.138 e. The quantitative estimate of drug-likeness (QED) is 0.609. The Balaban J connectivity index is 1.67. The first-order chi connectivity index (χ1) is 9.28. The van der Waals surface area contributed by atoms with Gasteiger partial charge in [0, 0.05) is 0 Å². The van der Waals surface area contributed by atoms with Gasteiger partial charge in [-0.1, -0.05) is 36.6 Å². The van der Waals surface area contributed by atoms with Crippen LogP contribution in [0.2, 0.25) is 0 Å². The third-order valence-electron chi connectivity index (χ3n) is 5.88. The van der Waals surface area contributed by atoms with Gasteiger partial charge in [-0.25, -0.2) is 0 Å². The minimum Gasteiger partial charge on any atom is -0.138 e. The number of rotatable bonds is 3. The molecule has 0 heterocycles. The molecule has 3 aliphatic rings. The number of fused-ring (bicyclic) bond motifs is 1. The van der Waals surface area contributed by atoms with Crippen molar-refractivity contribution in [1.29, 1.82) is 0 Å². The van der Waals surface area contributed by atoms with Gasteiger partial charge in [0.05, 0.1) is 0 Å². The molecule has 3 aliphatic carbocycles. The van der Waals surface area contributed by atoms with Crippen molar-refractivity contribution >= 4 is 9.24 Å². The van der Waals surface area contributed by atoms with Crippen molar-refractivity contribution in [2.45, 2.75) is 58.3 Å². The molecule has 19 heavy (non-hydrogen) atoms. The summed E-state index contributed by atoms with van der Waals surface area (Å²) >= 11 is 0. The maximum Gasteiger partial charge on any atom is -0.0163 e. The Bertz CT molecular complexity index is 379. The lowest BCUT2D eigenvalue weighted by Crippen LogP contribution is -2.29. The van der Waals surface area contributed by atoms with E-state index in [-0.39, 0.29) is 0 Å². The van der Waals surface area contributed by atoms with E-state index in [0.29, 0.717) is 0 Å². The Hall–Kier alpha value is -0.0900. The number of allylic oxidation sites excluding steroid dienone is 4. The van der Waals surface area contributed by atoms with E-state index in [0.717, 1.165) is 23.7 Å². The summed E-state index contributed by atoms with van der Waals surface area (Å²) in [7, 11) is 2.91. The zero-order chi connectivity index (χ0) is 13.2. The minimum absolute atomic E-state index is 0.905. The van der Waals surface area contributed by atoms with Crippen LogP contribution in [0, 0.1) is 23.7 Å². The highest BCUT2D eigenvalue weighted by atomic mass is 31.0. The van der Waals surface area contributed by atoms with Crippen LogP contribution < -0.4 is 0 Å². The standard InChI is InChI=1S/C18H29P/c1-13-2-4-14-6-7-17(12-16(14)5-3-13)18-9-8-15(18)10-11-19/h6-7,13,15-16,18H,2-5,8-12,19H2,1H3/t13?,15-,16?,18-/m1/s1. The van der Waals surface area contributed by atoms with Gasteiger partial charge in [-0.05, 0) is 74.8 Å². The third-order valence-corrected chi connectivity index (χ3v) is 6.22. The summed E-state index contributed by atoms with van der Waals surface area (Å²) in [5, 5.41) is 0. The lowest BCUT2D eigenvalue weighted by molar-refractivity contribution is 0.200. The fourth-order valence-corrected chi connectivity index (χ4v) is 4.77. The van der Waals surface area contributed by atoms with E-state index in [1.54, 1.807) is 11.1 Å². The predicted octanol–water partition coefficient (Wildman–Crippen LogP) is 5.36. The van der Waals surface area contributed by atoms with Crippen molar-refractivity contribution in [2.24, 2.45) is 23.7 Å². The van der Waals surface area contributed by atoms with Crippen molar-refractivity contribution in [1.82, 2.24) is 0 Å². The SMILES string of the molecule is CC1CCC2=CC=C([C@@H]3CC[C@@H]3CCP)CC2CC1. The molecule has 2 saturated carbocycles. The molecule has 0 aromatic carbocycles. The predicted molar refractivity (Wildman–Crippen MR) is 87.3 cm³/mol. The molecule has 3 unspecified atom stereocenters. The van der Waals surface area contributed by atoms with Gasteiger partial charge in [0.2, 0.25) is 0 Å². The Morgan fingerprint density at radius 3 is 2.63 bits per heavy atom. The van der Waals surface area contributed by atoms with Crippen LogP contribution >= 0.6 is 9.24 Å². The first-order valence-electron chi connectivity index (χ1n) is 8.37. The molecule has 1 heteroatoms. The van der Waals surface area contributed by atoms with Crippen LogP contribution in [0.1, 0.15) is 58.3 Å². The fourth-order valence-electron chi connectivity index (χ4n) is 4.34. The molecule has 106 valence electrons. The van der Waals surface area contributed by atoms with E-state index in [2.05, 4.69) is 28.3 Å². The average molecular weight is 276 g/mol.